The van der Waals surface area contributed by atoms with Gasteiger partial charge in [0.1, 0.15) is 13.5 Å². The van der Waals surface area contributed by atoms with Crippen LogP contribution in [0.1, 0.15) is 26.7 Å². The van der Waals surface area contributed by atoms with Crippen molar-refractivity contribution in [2.75, 3.05) is 0 Å². The molecular weight excluding hydrogens is 152 g/mol. The standard InChI is InChI=1S/C9H20OSi/c1-8(2)6-7-9(10)11(3,4)5/h8H,6-7H2,1-5H3. The Morgan fingerprint density at radius 1 is 1.27 bits per heavy atom. The van der Waals surface area contributed by atoms with Crippen LogP contribution < -0.4 is 0 Å². The summed E-state index contributed by atoms with van der Waals surface area (Å²) in [4.78, 5) is 11.4. The molecule has 0 saturated heterocycles. The van der Waals surface area contributed by atoms with Crippen molar-refractivity contribution in [3.8, 4) is 0 Å². The molecule has 0 aliphatic heterocycles. The van der Waals surface area contributed by atoms with E-state index in [2.05, 4.69) is 33.5 Å². The lowest BCUT2D eigenvalue weighted by atomic mass is 10.1. The monoisotopic (exact) mass is 172 g/mol. The molecule has 1 nitrogen and oxygen atoms in total. The zero-order valence-electron chi connectivity index (χ0n) is 8.40. The third-order valence-corrected chi connectivity index (χ3v) is 3.71. The number of hydrogen-bond acceptors (Lipinski definition) is 1. The van der Waals surface area contributed by atoms with Gasteiger partial charge in [0, 0.05) is 6.42 Å². The van der Waals surface area contributed by atoms with Crippen molar-refractivity contribution >= 4 is 13.5 Å². The van der Waals surface area contributed by atoms with Crippen molar-refractivity contribution in [3.63, 3.8) is 0 Å². The third-order valence-electron chi connectivity index (χ3n) is 1.79. The van der Waals surface area contributed by atoms with E-state index in [0.29, 0.717) is 11.3 Å². The zero-order valence-corrected chi connectivity index (χ0v) is 9.40. The minimum atomic E-state index is -1.47. The summed E-state index contributed by atoms with van der Waals surface area (Å²) in [6, 6.07) is 0. The summed E-state index contributed by atoms with van der Waals surface area (Å²) in [5.41, 5.74) is 0. The molecule has 0 aliphatic rings. The molecular formula is C9H20OSi. The molecule has 0 aromatic rings. The molecule has 0 bridgehead atoms. The Morgan fingerprint density at radius 2 is 1.73 bits per heavy atom. The molecule has 0 fully saturated rings. The highest BCUT2D eigenvalue weighted by Crippen LogP contribution is 2.10. The lowest BCUT2D eigenvalue weighted by Gasteiger charge is -2.14. The molecule has 0 spiro atoms. The Labute approximate surface area is 71.2 Å². The minimum Gasteiger partial charge on any atom is -0.305 e. The lowest BCUT2D eigenvalue weighted by Crippen LogP contribution is -2.33. The van der Waals surface area contributed by atoms with E-state index in [1.165, 1.54) is 0 Å². The van der Waals surface area contributed by atoms with Gasteiger partial charge in [0.15, 0.2) is 0 Å². The number of hydrogen-bond donors (Lipinski definition) is 0. The van der Waals surface area contributed by atoms with Crippen LogP contribution in [0.3, 0.4) is 0 Å². The first-order chi connectivity index (χ1) is 4.84. The van der Waals surface area contributed by atoms with Crippen molar-refractivity contribution in [2.24, 2.45) is 5.92 Å². The van der Waals surface area contributed by atoms with Gasteiger partial charge in [-0.3, -0.25) is 0 Å². The SMILES string of the molecule is CC(C)CCC(=O)[Si](C)(C)C. The average Bonchev–Trinajstić information content (AvgIpc) is 1.80. The molecule has 0 amide bonds. The predicted octanol–water partition coefficient (Wildman–Crippen LogP) is 2.87. The predicted molar refractivity (Wildman–Crippen MR) is 52.4 cm³/mol. The Morgan fingerprint density at radius 3 is 2.00 bits per heavy atom. The normalized spacial score (nSPS) is 12.2. The molecule has 0 saturated carbocycles. The first-order valence-electron chi connectivity index (χ1n) is 4.37. The Balaban J connectivity index is 3.71. The van der Waals surface area contributed by atoms with Crippen LogP contribution in [0.5, 0.6) is 0 Å². The van der Waals surface area contributed by atoms with Crippen molar-refractivity contribution in [1.29, 1.82) is 0 Å². The van der Waals surface area contributed by atoms with Crippen molar-refractivity contribution < 1.29 is 4.79 Å². The van der Waals surface area contributed by atoms with Crippen molar-refractivity contribution in [3.05, 3.63) is 0 Å². The molecule has 2 heteroatoms. The summed E-state index contributed by atoms with van der Waals surface area (Å²) >= 11 is 0. The van der Waals surface area contributed by atoms with E-state index in [1.54, 1.807) is 0 Å². The average molecular weight is 172 g/mol. The summed E-state index contributed by atoms with van der Waals surface area (Å²) in [6.45, 7) is 10.7. The Bertz CT molecular complexity index is 133. The van der Waals surface area contributed by atoms with E-state index in [1.807, 2.05) is 0 Å². The Hall–Kier alpha value is -0.113. The zero-order chi connectivity index (χ0) is 9.07. The highest BCUT2D eigenvalue weighted by Gasteiger charge is 2.23. The minimum absolute atomic E-state index is 0.520. The molecule has 0 aromatic heterocycles. The maximum atomic E-state index is 11.4. The van der Waals surface area contributed by atoms with Gasteiger partial charge in [0.25, 0.3) is 0 Å². The van der Waals surface area contributed by atoms with E-state index < -0.39 is 8.07 Å². The van der Waals surface area contributed by atoms with E-state index in [9.17, 15) is 4.79 Å². The van der Waals surface area contributed by atoms with E-state index in [0.717, 1.165) is 12.8 Å². The van der Waals surface area contributed by atoms with Crippen LogP contribution in [0.25, 0.3) is 0 Å². The summed E-state index contributed by atoms with van der Waals surface area (Å²) < 4.78 is 0. The molecule has 0 rings (SSSR count). The van der Waals surface area contributed by atoms with Crippen molar-refractivity contribution in [1.82, 2.24) is 0 Å². The van der Waals surface area contributed by atoms with Gasteiger partial charge in [-0.25, -0.2) is 0 Å². The maximum absolute atomic E-state index is 11.4. The van der Waals surface area contributed by atoms with Gasteiger partial charge in [0.05, 0.1) is 0 Å². The van der Waals surface area contributed by atoms with E-state index in [4.69, 9.17) is 0 Å². The fourth-order valence-electron chi connectivity index (χ4n) is 0.795. The second-order valence-electron chi connectivity index (χ2n) is 4.61. The first kappa shape index (κ1) is 10.9. The molecule has 0 heterocycles. The smallest absolute Gasteiger partial charge is 0.123 e. The van der Waals surface area contributed by atoms with E-state index >= 15 is 0 Å². The molecule has 11 heavy (non-hydrogen) atoms. The molecule has 0 unspecified atom stereocenters. The van der Waals surface area contributed by atoms with Crippen LogP contribution in [0.15, 0.2) is 0 Å². The highest BCUT2D eigenvalue weighted by molar-refractivity contribution is 7.03. The molecule has 0 aromatic carbocycles. The van der Waals surface area contributed by atoms with Crippen LogP contribution in [-0.4, -0.2) is 13.5 Å². The maximum Gasteiger partial charge on any atom is 0.123 e. The van der Waals surface area contributed by atoms with Crippen molar-refractivity contribution in [2.45, 2.75) is 46.3 Å². The first-order valence-corrected chi connectivity index (χ1v) is 7.87. The number of rotatable bonds is 4. The summed E-state index contributed by atoms with van der Waals surface area (Å²) in [5, 5.41) is 0.520. The van der Waals surface area contributed by atoms with Gasteiger partial charge in [-0.15, -0.1) is 0 Å². The van der Waals surface area contributed by atoms with Gasteiger partial charge in [-0.2, -0.15) is 0 Å². The molecule has 0 N–H and O–H groups in total. The lowest BCUT2D eigenvalue weighted by molar-refractivity contribution is -0.112. The van der Waals surface area contributed by atoms with Gasteiger partial charge in [0.2, 0.25) is 0 Å². The third kappa shape index (κ3) is 5.19. The molecule has 0 radical (unpaired) electrons. The molecule has 0 aliphatic carbocycles. The second-order valence-corrected chi connectivity index (χ2v) is 9.66. The Kier molecular flexibility index (Phi) is 4.01. The summed E-state index contributed by atoms with van der Waals surface area (Å²) in [5.74, 6) is 0.662. The number of carbonyl (C=O) groups is 1. The van der Waals surface area contributed by atoms with Gasteiger partial charge >= 0.3 is 0 Å². The fourth-order valence-corrected chi connectivity index (χ4v) is 1.69. The van der Waals surface area contributed by atoms with Gasteiger partial charge < -0.3 is 4.79 Å². The molecule has 0 atom stereocenters. The number of carbonyl (C=O) groups excluding carboxylic acids is 1. The van der Waals surface area contributed by atoms with Crippen LogP contribution in [0, 0.1) is 5.92 Å². The summed E-state index contributed by atoms with van der Waals surface area (Å²) in [6.07, 6.45) is 1.86. The van der Waals surface area contributed by atoms with Crippen LogP contribution in [0.2, 0.25) is 19.6 Å². The van der Waals surface area contributed by atoms with E-state index in [-0.39, 0.29) is 0 Å². The fraction of sp³-hybridized carbons (Fsp3) is 0.889. The quantitative estimate of drug-likeness (QED) is 0.596. The van der Waals surface area contributed by atoms with Gasteiger partial charge in [-0.05, 0) is 12.3 Å². The largest absolute Gasteiger partial charge is 0.305 e. The van der Waals surface area contributed by atoms with Crippen LogP contribution in [-0.2, 0) is 4.79 Å². The van der Waals surface area contributed by atoms with Crippen LogP contribution in [0.4, 0.5) is 0 Å². The second kappa shape index (κ2) is 4.05. The van der Waals surface area contributed by atoms with Gasteiger partial charge in [-0.1, -0.05) is 33.5 Å². The topological polar surface area (TPSA) is 17.1 Å². The summed E-state index contributed by atoms with van der Waals surface area (Å²) in [7, 11) is -1.47. The van der Waals surface area contributed by atoms with Crippen LogP contribution >= 0.6 is 0 Å². The highest BCUT2D eigenvalue weighted by atomic mass is 28.3. The molecule has 66 valence electrons.